The van der Waals surface area contributed by atoms with E-state index in [2.05, 4.69) is 46.5 Å². The number of hydrogen-bond donors (Lipinski definition) is 1. The quantitative estimate of drug-likeness (QED) is 0.629. The highest BCUT2D eigenvalue weighted by atomic mass is 79.9. The summed E-state index contributed by atoms with van der Waals surface area (Å²) in [7, 11) is 0. The fourth-order valence-electron chi connectivity index (χ4n) is 4.40. The number of rotatable bonds is 6. The van der Waals surface area contributed by atoms with E-state index in [9.17, 15) is 4.79 Å². The molecule has 1 saturated carbocycles. The summed E-state index contributed by atoms with van der Waals surface area (Å²) in [6.45, 7) is 5.27. The molecule has 0 saturated heterocycles. The Morgan fingerprint density at radius 1 is 1.19 bits per heavy atom. The van der Waals surface area contributed by atoms with Crippen LogP contribution in [0.4, 0.5) is 0 Å². The fraction of sp³-hybridized carbons (Fsp3) is 0.500. The minimum atomic E-state index is -0.319. The fourth-order valence-corrected chi connectivity index (χ4v) is 4.66. The first-order valence-electron chi connectivity index (χ1n) is 9.80. The number of carbonyl (C=O) groups is 1. The van der Waals surface area contributed by atoms with Gasteiger partial charge in [0.15, 0.2) is 0 Å². The molecule has 26 heavy (non-hydrogen) atoms. The van der Waals surface area contributed by atoms with Crippen LogP contribution in [0.1, 0.15) is 67.2 Å². The summed E-state index contributed by atoms with van der Waals surface area (Å²) in [5, 5.41) is 0. The Labute approximate surface area is 165 Å². The largest absolute Gasteiger partial charge is 0.366 e. The van der Waals surface area contributed by atoms with Crippen molar-refractivity contribution in [2.45, 2.75) is 65.3 Å². The number of halogens is 1. The highest BCUT2D eigenvalue weighted by Crippen LogP contribution is 2.36. The molecule has 1 fully saturated rings. The van der Waals surface area contributed by atoms with Crippen molar-refractivity contribution in [2.24, 2.45) is 11.7 Å². The predicted octanol–water partition coefficient (Wildman–Crippen LogP) is 5.86. The van der Waals surface area contributed by atoms with Gasteiger partial charge in [0.2, 0.25) is 0 Å². The van der Waals surface area contributed by atoms with Gasteiger partial charge in [-0.2, -0.15) is 0 Å². The Morgan fingerprint density at radius 3 is 2.42 bits per heavy atom. The third-order valence-electron chi connectivity index (χ3n) is 5.66. The van der Waals surface area contributed by atoms with Gasteiger partial charge < -0.3 is 10.3 Å². The number of carbonyl (C=O) groups excluding carboxylic acids is 1. The van der Waals surface area contributed by atoms with Gasteiger partial charge >= 0.3 is 0 Å². The van der Waals surface area contributed by atoms with Gasteiger partial charge in [-0.15, -0.1) is 0 Å². The van der Waals surface area contributed by atoms with Gasteiger partial charge in [-0.05, 0) is 49.8 Å². The second-order valence-corrected chi connectivity index (χ2v) is 8.43. The number of amides is 1. The molecule has 3 nitrogen and oxygen atoms in total. The minimum absolute atomic E-state index is 0.319. The molecular weight excluding hydrogens is 388 g/mol. The highest BCUT2D eigenvalue weighted by Gasteiger charge is 2.26. The number of primary amides is 1. The molecule has 0 spiro atoms. The Balaban J connectivity index is 2.12. The molecule has 1 aliphatic rings. The summed E-state index contributed by atoms with van der Waals surface area (Å²) < 4.78 is 3.44. The molecule has 3 rings (SSSR count). The second-order valence-electron chi connectivity index (χ2n) is 7.52. The zero-order valence-corrected chi connectivity index (χ0v) is 17.4. The molecule has 1 amide bonds. The van der Waals surface area contributed by atoms with Crippen LogP contribution in [0.2, 0.25) is 0 Å². The van der Waals surface area contributed by atoms with Crippen molar-refractivity contribution in [2.75, 3.05) is 0 Å². The maximum absolute atomic E-state index is 12.3. The summed E-state index contributed by atoms with van der Waals surface area (Å²) in [5.74, 6) is 0.393. The molecule has 1 aliphatic carbocycles. The second kappa shape index (κ2) is 8.43. The molecule has 0 bridgehead atoms. The van der Waals surface area contributed by atoms with Crippen LogP contribution >= 0.6 is 15.9 Å². The summed E-state index contributed by atoms with van der Waals surface area (Å²) in [6.07, 6.45) is 8.62. The molecule has 0 unspecified atom stereocenters. The van der Waals surface area contributed by atoms with Gasteiger partial charge in [-0.25, -0.2) is 0 Å². The molecular formula is C22H29BrN2O. The van der Waals surface area contributed by atoms with Gasteiger partial charge in [-0.3, -0.25) is 4.79 Å². The Morgan fingerprint density at radius 2 is 1.85 bits per heavy atom. The van der Waals surface area contributed by atoms with Crippen molar-refractivity contribution < 1.29 is 4.79 Å². The summed E-state index contributed by atoms with van der Waals surface area (Å²) >= 11 is 3.50. The first-order chi connectivity index (χ1) is 12.5. The number of nitrogens with zero attached hydrogens (tertiary/aromatic N) is 1. The molecule has 4 heteroatoms. The standard InChI is InChI=1S/C22H29BrN2O/c1-3-7-19-21(17-10-12-18(23)13-11-17)20(22(24)26)15(2)25(19)14-16-8-5-4-6-9-16/h10-13,16H,3-9,14H2,1-2H3,(H2,24,26). The smallest absolute Gasteiger partial charge is 0.251 e. The molecule has 1 aromatic carbocycles. The van der Waals surface area contributed by atoms with E-state index >= 15 is 0 Å². The van der Waals surface area contributed by atoms with E-state index in [0.29, 0.717) is 11.5 Å². The molecule has 1 heterocycles. The first-order valence-corrected chi connectivity index (χ1v) is 10.6. The maximum atomic E-state index is 12.3. The zero-order chi connectivity index (χ0) is 18.7. The van der Waals surface area contributed by atoms with Crippen molar-refractivity contribution in [1.82, 2.24) is 4.57 Å². The third kappa shape index (κ3) is 3.90. The number of nitrogens with two attached hydrogens (primary N) is 1. The summed E-state index contributed by atoms with van der Waals surface area (Å²) in [6, 6.07) is 8.22. The van der Waals surface area contributed by atoms with E-state index in [1.54, 1.807) is 0 Å². The van der Waals surface area contributed by atoms with Gasteiger partial charge in [0, 0.05) is 28.0 Å². The van der Waals surface area contributed by atoms with Crippen molar-refractivity contribution in [3.05, 3.63) is 45.7 Å². The number of aromatic nitrogens is 1. The van der Waals surface area contributed by atoms with E-state index in [1.165, 1.54) is 37.8 Å². The van der Waals surface area contributed by atoms with Crippen LogP contribution < -0.4 is 5.73 Å². The van der Waals surface area contributed by atoms with Crippen molar-refractivity contribution in [1.29, 1.82) is 0 Å². The van der Waals surface area contributed by atoms with Crippen LogP contribution in [0.5, 0.6) is 0 Å². The van der Waals surface area contributed by atoms with E-state index in [0.717, 1.165) is 40.7 Å². The topological polar surface area (TPSA) is 48.0 Å². The van der Waals surface area contributed by atoms with E-state index in [1.807, 2.05) is 12.1 Å². The van der Waals surface area contributed by atoms with E-state index < -0.39 is 0 Å². The number of hydrogen-bond acceptors (Lipinski definition) is 1. The molecule has 2 aromatic rings. The third-order valence-corrected chi connectivity index (χ3v) is 6.19. The first kappa shape index (κ1) is 19.2. The van der Waals surface area contributed by atoms with Crippen LogP contribution in [-0.2, 0) is 13.0 Å². The van der Waals surface area contributed by atoms with Gasteiger partial charge in [0.1, 0.15) is 0 Å². The van der Waals surface area contributed by atoms with Crippen LogP contribution in [0.3, 0.4) is 0 Å². The van der Waals surface area contributed by atoms with Gasteiger partial charge in [0.05, 0.1) is 5.56 Å². The molecule has 0 radical (unpaired) electrons. The molecule has 1 aromatic heterocycles. The molecule has 0 atom stereocenters. The lowest BCUT2D eigenvalue weighted by atomic mass is 9.89. The van der Waals surface area contributed by atoms with Gasteiger partial charge in [-0.1, -0.05) is 60.7 Å². The van der Waals surface area contributed by atoms with Crippen LogP contribution in [0, 0.1) is 12.8 Å². The lowest BCUT2D eigenvalue weighted by Crippen LogP contribution is -2.18. The zero-order valence-electron chi connectivity index (χ0n) is 15.9. The Hall–Kier alpha value is -1.55. The molecule has 2 N–H and O–H groups in total. The molecule has 140 valence electrons. The minimum Gasteiger partial charge on any atom is -0.366 e. The lowest BCUT2D eigenvalue weighted by Gasteiger charge is -2.24. The molecule has 0 aliphatic heterocycles. The number of benzene rings is 1. The Bertz CT molecular complexity index is 770. The monoisotopic (exact) mass is 416 g/mol. The normalized spacial score (nSPS) is 15.3. The summed E-state index contributed by atoms with van der Waals surface area (Å²) in [5.41, 5.74) is 11.0. The average molecular weight is 417 g/mol. The van der Waals surface area contributed by atoms with Crippen LogP contribution in [-0.4, -0.2) is 10.5 Å². The van der Waals surface area contributed by atoms with Crippen molar-refractivity contribution >= 4 is 21.8 Å². The predicted molar refractivity (Wildman–Crippen MR) is 111 cm³/mol. The summed E-state index contributed by atoms with van der Waals surface area (Å²) in [4.78, 5) is 12.3. The van der Waals surface area contributed by atoms with Gasteiger partial charge in [0.25, 0.3) is 5.91 Å². The van der Waals surface area contributed by atoms with Crippen LogP contribution in [0.15, 0.2) is 28.7 Å². The van der Waals surface area contributed by atoms with E-state index in [4.69, 9.17) is 5.73 Å². The average Bonchev–Trinajstić information content (AvgIpc) is 2.90. The van der Waals surface area contributed by atoms with E-state index in [-0.39, 0.29) is 5.91 Å². The Kier molecular flexibility index (Phi) is 6.23. The van der Waals surface area contributed by atoms with Crippen molar-refractivity contribution in [3.8, 4) is 11.1 Å². The maximum Gasteiger partial charge on any atom is 0.251 e. The van der Waals surface area contributed by atoms with Crippen molar-refractivity contribution in [3.63, 3.8) is 0 Å². The SMILES string of the molecule is CCCc1c(-c2ccc(Br)cc2)c(C(N)=O)c(C)n1CC1CCCCC1. The highest BCUT2D eigenvalue weighted by molar-refractivity contribution is 9.10. The van der Waals surface area contributed by atoms with Crippen LogP contribution in [0.25, 0.3) is 11.1 Å². The lowest BCUT2D eigenvalue weighted by molar-refractivity contribution is 0.1000.